The van der Waals surface area contributed by atoms with Gasteiger partial charge in [-0.15, -0.1) is 0 Å². The average molecular weight is 462 g/mol. The van der Waals surface area contributed by atoms with Crippen LogP contribution in [0.1, 0.15) is 28.8 Å². The van der Waals surface area contributed by atoms with E-state index in [-0.39, 0.29) is 61.2 Å². The molecule has 3 aromatic rings. The van der Waals surface area contributed by atoms with Crippen LogP contribution < -0.4 is 10.5 Å². The number of ether oxygens (including phenoxy) is 1. The van der Waals surface area contributed by atoms with E-state index in [2.05, 4.69) is 9.98 Å². The number of carbonyl (C=O) groups excluding carboxylic acids is 2. The highest BCUT2D eigenvalue weighted by Crippen LogP contribution is 2.26. The minimum absolute atomic E-state index is 0.0223. The van der Waals surface area contributed by atoms with Crippen molar-refractivity contribution in [3.05, 3.63) is 59.0 Å². The molecule has 1 aromatic heterocycles. The van der Waals surface area contributed by atoms with Gasteiger partial charge in [0.05, 0.1) is 23.3 Å². The first kappa shape index (κ1) is 22.7. The number of aliphatic hydroxyl groups is 1. The molecule has 2 aromatic carbocycles. The summed E-state index contributed by atoms with van der Waals surface area (Å²) in [5.41, 5.74) is 0.591. The van der Waals surface area contributed by atoms with Crippen molar-refractivity contribution in [3.8, 4) is 0 Å². The first-order valence-corrected chi connectivity index (χ1v) is 10.3. The van der Waals surface area contributed by atoms with Crippen LogP contribution in [0.3, 0.4) is 0 Å². The number of halogens is 3. The lowest BCUT2D eigenvalue weighted by molar-refractivity contribution is -0.125. The summed E-state index contributed by atoms with van der Waals surface area (Å²) >= 11 is 0. The van der Waals surface area contributed by atoms with Gasteiger partial charge in [0.25, 0.3) is 18.2 Å². The summed E-state index contributed by atoms with van der Waals surface area (Å²) < 4.78 is 47.5. The van der Waals surface area contributed by atoms with Crippen molar-refractivity contribution in [2.24, 2.45) is 4.99 Å². The second-order valence-electron chi connectivity index (χ2n) is 7.44. The normalized spacial score (nSPS) is 15.1. The molecule has 0 bridgehead atoms. The molecule has 1 aliphatic rings. The van der Waals surface area contributed by atoms with Crippen LogP contribution in [0.15, 0.2) is 41.4 Å². The van der Waals surface area contributed by atoms with Gasteiger partial charge in [-0.05, 0) is 24.6 Å². The summed E-state index contributed by atoms with van der Waals surface area (Å²) in [6.07, 6.45) is -2.43. The molecule has 0 aliphatic carbocycles. The highest BCUT2D eigenvalue weighted by atomic mass is 19.3. The van der Waals surface area contributed by atoms with E-state index in [0.717, 1.165) is 6.07 Å². The number of nitrogens with zero attached hydrogens (tertiary/aromatic N) is 3. The number of rotatable bonds is 6. The number of H-pyrrole nitrogens is 1. The monoisotopic (exact) mass is 462 g/mol. The predicted molar refractivity (Wildman–Crippen MR) is 112 cm³/mol. The summed E-state index contributed by atoms with van der Waals surface area (Å²) in [5.74, 6) is -1.78. The fraction of sp³-hybridized carbons (Fsp3) is 0.318. The fourth-order valence-corrected chi connectivity index (χ4v) is 3.67. The number of aromatic amines is 1. The van der Waals surface area contributed by atoms with E-state index >= 15 is 0 Å². The molecule has 174 valence electrons. The van der Waals surface area contributed by atoms with Crippen molar-refractivity contribution in [1.82, 2.24) is 9.55 Å². The van der Waals surface area contributed by atoms with Gasteiger partial charge in [-0.2, -0.15) is 4.99 Å². The molecule has 1 fully saturated rings. The number of morpholine rings is 1. The molecule has 0 saturated carbocycles. The lowest BCUT2D eigenvalue weighted by atomic mass is 10.1. The SMILES string of the molecule is O=C(/N=c1\[nH]c2cc(N3CCOCC3=O)c(F)cc2n1CCCO)c1cccc(C(F)F)c1. The highest BCUT2D eigenvalue weighted by molar-refractivity contribution is 5.97. The van der Waals surface area contributed by atoms with E-state index in [1.807, 2.05) is 0 Å². The number of carbonyl (C=O) groups is 2. The number of imidazole rings is 1. The molecule has 0 spiro atoms. The summed E-state index contributed by atoms with van der Waals surface area (Å²) in [5, 5.41) is 9.25. The topological polar surface area (TPSA) is 99.9 Å². The molecule has 1 aliphatic heterocycles. The van der Waals surface area contributed by atoms with Gasteiger partial charge in [0.2, 0.25) is 5.62 Å². The number of aliphatic hydroxyl groups excluding tert-OH is 1. The number of nitrogens with one attached hydrogen (secondary N) is 1. The molecule has 33 heavy (non-hydrogen) atoms. The van der Waals surface area contributed by atoms with E-state index in [1.54, 1.807) is 0 Å². The van der Waals surface area contributed by atoms with E-state index in [0.29, 0.717) is 17.5 Å². The number of aryl methyl sites for hydroxylation is 1. The third kappa shape index (κ3) is 4.69. The molecule has 11 heteroatoms. The summed E-state index contributed by atoms with van der Waals surface area (Å²) in [4.78, 5) is 33.1. The fourth-order valence-electron chi connectivity index (χ4n) is 3.67. The first-order chi connectivity index (χ1) is 15.9. The molecule has 2 heterocycles. The van der Waals surface area contributed by atoms with Crippen LogP contribution in [0.4, 0.5) is 18.9 Å². The third-order valence-electron chi connectivity index (χ3n) is 5.27. The van der Waals surface area contributed by atoms with Gasteiger partial charge in [0, 0.05) is 36.9 Å². The zero-order chi connectivity index (χ0) is 23.5. The van der Waals surface area contributed by atoms with E-state index in [9.17, 15) is 27.9 Å². The summed E-state index contributed by atoms with van der Waals surface area (Å²) in [6, 6.07) is 7.67. The number of amides is 2. The van der Waals surface area contributed by atoms with Crippen molar-refractivity contribution in [2.75, 3.05) is 31.3 Å². The van der Waals surface area contributed by atoms with Gasteiger partial charge >= 0.3 is 0 Å². The van der Waals surface area contributed by atoms with Gasteiger partial charge in [-0.3, -0.25) is 9.59 Å². The van der Waals surface area contributed by atoms with Crippen LogP contribution in [0, 0.1) is 5.82 Å². The number of anilines is 1. The van der Waals surface area contributed by atoms with E-state index in [4.69, 9.17) is 4.74 Å². The van der Waals surface area contributed by atoms with Crippen molar-refractivity contribution >= 4 is 28.5 Å². The Bertz CT molecular complexity index is 1270. The molecular weight excluding hydrogens is 441 g/mol. The smallest absolute Gasteiger partial charge is 0.280 e. The summed E-state index contributed by atoms with van der Waals surface area (Å²) in [6.45, 7) is 0.395. The average Bonchev–Trinajstić information content (AvgIpc) is 3.13. The van der Waals surface area contributed by atoms with Gasteiger partial charge in [0.15, 0.2) is 0 Å². The number of benzene rings is 2. The van der Waals surface area contributed by atoms with E-state index in [1.165, 1.54) is 39.8 Å². The van der Waals surface area contributed by atoms with Crippen molar-refractivity contribution < 1.29 is 32.6 Å². The minimum Gasteiger partial charge on any atom is -0.396 e. The number of hydrogen-bond acceptors (Lipinski definition) is 4. The molecular formula is C22H21F3N4O4. The predicted octanol–water partition coefficient (Wildman–Crippen LogP) is 2.53. The van der Waals surface area contributed by atoms with Crippen LogP contribution in [-0.2, 0) is 16.1 Å². The molecule has 4 rings (SSSR count). The number of hydrogen-bond donors (Lipinski definition) is 2. The lowest BCUT2D eigenvalue weighted by Crippen LogP contribution is -2.42. The maximum absolute atomic E-state index is 15.0. The van der Waals surface area contributed by atoms with Crippen molar-refractivity contribution in [3.63, 3.8) is 0 Å². The minimum atomic E-state index is -2.73. The molecule has 8 nitrogen and oxygen atoms in total. The standard InChI is InChI=1S/C22H21F3N4O4/c23-15-10-18-16(11-17(15)28-6-8-33-12-19(28)31)26-22(29(18)5-2-7-30)27-21(32)14-4-1-3-13(9-14)20(24)25/h1,3-4,9-11,20,30H,2,5-8,12H2,(H,26,27,32). The zero-order valence-electron chi connectivity index (χ0n) is 17.4. The first-order valence-electron chi connectivity index (χ1n) is 10.3. The Morgan fingerprint density at radius 1 is 1.27 bits per heavy atom. The second-order valence-corrected chi connectivity index (χ2v) is 7.44. The van der Waals surface area contributed by atoms with Gasteiger partial charge in [-0.1, -0.05) is 12.1 Å². The Morgan fingerprint density at radius 3 is 2.82 bits per heavy atom. The molecule has 2 amide bonds. The molecule has 0 atom stereocenters. The maximum atomic E-state index is 15.0. The van der Waals surface area contributed by atoms with Crippen LogP contribution in [0.25, 0.3) is 11.0 Å². The quantitative estimate of drug-likeness (QED) is 0.588. The summed E-state index contributed by atoms with van der Waals surface area (Å²) in [7, 11) is 0. The molecule has 1 saturated heterocycles. The number of alkyl halides is 2. The Morgan fingerprint density at radius 2 is 2.09 bits per heavy atom. The Labute approximate surface area is 185 Å². The Kier molecular flexibility index (Phi) is 6.61. The van der Waals surface area contributed by atoms with E-state index < -0.39 is 18.1 Å². The second kappa shape index (κ2) is 9.59. The van der Waals surface area contributed by atoms with Crippen molar-refractivity contribution in [2.45, 2.75) is 19.4 Å². The van der Waals surface area contributed by atoms with Crippen LogP contribution >= 0.6 is 0 Å². The highest BCUT2D eigenvalue weighted by Gasteiger charge is 2.24. The van der Waals surface area contributed by atoms with Gasteiger partial charge in [0.1, 0.15) is 12.4 Å². The zero-order valence-corrected chi connectivity index (χ0v) is 17.4. The third-order valence-corrected chi connectivity index (χ3v) is 5.27. The lowest BCUT2D eigenvalue weighted by Gasteiger charge is -2.27. The largest absolute Gasteiger partial charge is 0.396 e. The maximum Gasteiger partial charge on any atom is 0.280 e. The van der Waals surface area contributed by atoms with Crippen LogP contribution in [-0.4, -0.2) is 52.8 Å². The number of fused-ring (bicyclic) bond motifs is 1. The van der Waals surface area contributed by atoms with Crippen LogP contribution in [0.2, 0.25) is 0 Å². The molecule has 0 radical (unpaired) electrons. The molecule has 0 unspecified atom stereocenters. The van der Waals surface area contributed by atoms with Crippen molar-refractivity contribution in [1.29, 1.82) is 0 Å². The number of aromatic nitrogens is 2. The molecule has 2 N–H and O–H groups in total. The van der Waals surface area contributed by atoms with Gasteiger partial charge in [-0.25, -0.2) is 13.2 Å². The Hall–Kier alpha value is -3.44. The van der Waals surface area contributed by atoms with Gasteiger partial charge < -0.3 is 24.3 Å². The van der Waals surface area contributed by atoms with Crippen LogP contribution in [0.5, 0.6) is 0 Å². The Balaban J connectivity index is 1.80.